The number of nitro groups is 1. The number of nitrogens with one attached hydrogen (secondary N) is 1. The maximum absolute atomic E-state index is 12.6. The van der Waals surface area contributed by atoms with Crippen LogP contribution in [0.15, 0.2) is 48.5 Å². The lowest BCUT2D eigenvalue weighted by atomic mass is 9.95. The van der Waals surface area contributed by atoms with Gasteiger partial charge in [-0.1, -0.05) is 36.4 Å². The molecule has 1 N–H and O–H groups in total. The first-order valence-electron chi connectivity index (χ1n) is 7.15. The maximum atomic E-state index is 12.6. The van der Waals surface area contributed by atoms with Crippen molar-refractivity contribution >= 4 is 17.3 Å². The van der Waals surface area contributed by atoms with Gasteiger partial charge in [-0.05, 0) is 30.9 Å². The van der Waals surface area contributed by atoms with E-state index in [9.17, 15) is 14.9 Å². The van der Waals surface area contributed by atoms with Crippen molar-refractivity contribution in [3.8, 4) is 0 Å². The molecule has 0 spiro atoms. The van der Waals surface area contributed by atoms with Crippen LogP contribution in [0.5, 0.6) is 0 Å². The molecule has 0 atom stereocenters. The van der Waals surface area contributed by atoms with Crippen molar-refractivity contribution in [2.24, 2.45) is 0 Å². The van der Waals surface area contributed by atoms with E-state index in [2.05, 4.69) is 5.32 Å². The van der Waals surface area contributed by atoms with Crippen molar-refractivity contribution < 1.29 is 9.72 Å². The molecule has 0 aromatic heterocycles. The van der Waals surface area contributed by atoms with Gasteiger partial charge in [0.2, 0.25) is 5.91 Å². The Hall–Kier alpha value is -2.69. The molecule has 0 heterocycles. The Kier molecular flexibility index (Phi) is 3.41. The van der Waals surface area contributed by atoms with Gasteiger partial charge in [0.05, 0.1) is 16.0 Å². The van der Waals surface area contributed by atoms with Crippen LogP contribution in [0.4, 0.5) is 11.4 Å². The zero-order chi connectivity index (χ0) is 15.7. The number of carbonyl (C=O) groups is 1. The number of hydrogen-bond acceptors (Lipinski definition) is 3. The van der Waals surface area contributed by atoms with Crippen LogP contribution >= 0.6 is 0 Å². The third-order valence-electron chi connectivity index (χ3n) is 4.19. The van der Waals surface area contributed by atoms with Gasteiger partial charge in [0.25, 0.3) is 5.69 Å². The molecular weight excluding hydrogens is 280 g/mol. The van der Waals surface area contributed by atoms with Crippen LogP contribution in [0.2, 0.25) is 0 Å². The van der Waals surface area contributed by atoms with Gasteiger partial charge < -0.3 is 5.32 Å². The second-order valence-corrected chi connectivity index (χ2v) is 5.66. The van der Waals surface area contributed by atoms with E-state index in [0.717, 1.165) is 24.0 Å². The van der Waals surface area contributed by atoms with E-state index in [4.69, 9.17) is 0 Å². The van der Waals surface area contributed by atoms with Crippen LogP contribution < -0.4 is 5.32 Å². The Labute approximate surface area is 128 Å². The average molecular weight is 296 g/mol. The summed E-state index contributed by atoms with van der Waals surface area (Å²) in [5, 5.41) is 13.7. The lowest BCUT2D eigenvalue weighted by molar-refractivity contribution is -0.384. The van der Waals surface area contributed by atoms with Crippen molar-refractivity contribution in [2.45, 2.75) is 25.2 Å². The number of non-ortho nitro benzene ring substituents is 1. The summed E-state index contributed by atoms with van der Waals surface area (Å²) in [6.07, 6.45) is 1.60. The van der Waals surface area contributed by atoms with E-state index < -0.39 is 10.3 Å². The number of carbonyl (C=O) groups excluding carboxylic acids is 1. The number of nitrogens with zero attached hydrogens (tertiary/aromatic N) is 1. The molecule has 0 radical (unpaired) electrons. The highest BCUT2D eigenvalue weighted by atomic mass is 16.6. The predicted molar refractivity (Wildman–Crippen MR) is 83.8 cm³/mol. The van der Waals surface area contributed by atoms with E-state index in [1.54, 1.807) is 6.07 Å². The van der Waals surface area contributed by atoms with E-state index in [1.165, 1.54) is 12.1 Å². The fourth-order valence-corrected chi connectivity index (χ4v) is 2.63. The number of nitro benzene ring substituents is 1. The smallest absolute Gasteiger partial charge is 0.271 e. The van der Waals surface area contributed by atoms with Crippen molar-refractivity contribution in [1.29, 1.82) is 0 Å². The third-order valence-corrected chi connectivity index (χ3v) is 4.19. The first-order chi connectivity index (χ1) is 10.5. The quantitative estimate of drug-likeness (QED) is 0.692. The minimum absolute atomic E-state index is 0.0227. The van der Waals surface area contributed by atoms with Crippen molar-refractivity contribution in [3.05, 3.63) is 69.8 Å². The van der Waals surface area contributed by atoms with Crippen molar-refractivity contribution in [1.82, 2.24) is 0 Å². The van der Waals surface area contributed by atoms with Crippen LogP contribution in [-0.2, 0) is 10.2 Å². The van der Waals surface area contributed by atoms with Gasteiger partial charge in [-0.15, -0.1) is 0 Å². The SMILES string of the molecule is Cc1ccc([N+](=O)[O-])cc1NC(=O)C1(c2ccccc2)CC1. The zero-order valence-electron chi connectivity index (χ0n) is 12.2. The van der Waals surface area contributed by atoms with Gasteiger partial charge >= 0.3 is 0 Å². The van der Waals surface area contributed by atoms with Crippen LogP contribution in [0.1, 0.15) is 24.0 Å². The Balaban J connectivity index is 1.86. The van der Waals surface area contributed by atoms with Gasteiger partial charge in [0, 0.05) is 12.1 Å². The van der Waals surface area contributed by atoms with E-state index in [0.29, 0.717) is 5.69 Å². The Bertz CT molecular complexity index is 737. The average Bonchev–Trinajstić information content (AvgIpc) is 3.32. The van der Waals surface area contributed by atoms with Gasteiger partial charge in [-0.25, -0.2) is 0 Å². The molecule has 1 fully saturated rings. The van der Waals surface area contributed by atoms with Gasteiger partial charge in [0.1, 0.15) is 0 Å². The summed E-state index contributed by atoms with van der Waals surface area (Å²) >= 11 is 0. The summed E-state index contributed by atoms with van der Waals surface area (Å²) in [7, 11) is 0. The summed E-state index contributed by atoms with van der Waals surface area (Å²) in [6.45, 7) is 1.82. The lowest BCUT2D eigenvalue weighted by Crippen LogP contribution is -2.28. The molecule has 112 valence electrons. The minimum Gasteiger partial charge on any atom is -0.325 e. The number of anilines is 1. The van der Waals surface area contributed by atoms with Crippen LogP contribution in [0.3, 0.4) is 0 Å². The highest BCUT2D eigenvalue weighted by Crippen LogP contribution is 2.49. The van der Waals surface area contributed by atoms with E-state index >= 15 is 0 Å². The number of rotatable bonds is 4. The fourth-order valence-electron chi connectivity index (χ4n) is 2.63. The Morgan fingerprint density at radius 2 is 1.86 bits per heavy atom. The fraction of sp³-hybridized carbons (Fsp3) is 0.235. The standard InChI is InChI=1S/C17H16N2O3/c1-12-7-8-14(19(21)22)11-15(12)18-16(20)17(9-10-17)13-5-3-2-4-6-13/h2-8,11H,9-10H2,1H3,(H,18,20). The molecule has 0 unspecified atom stereocenters. The minimum atomic E-state index is -0.488. The summed E-state index contributed by atoms with van der Waals surface area (Å²) < 4.78 is 0. The molecule has 1 aliphatic carbocycles. The molecule has 2 aromatic carbocycles. The predicted octanol–water partition coefficient (Wildman–Crippen LogP) is 3.57. The molecule has 0 bridgehead atoms. The van der Waals surface area contributed by atoms with Gasteiger partial charge in [-0.2, -0.15) is 0 Å². The molecule has 3 rings (SSSR count). The molecule has 1 saturated carbocycles. The van der Waals surface area contributed by atoms with E-state index in [1.807, 2.05) is 37.3 Å². The third kappa shape index (κ3) is 2.45. The molecule has 0 saturated heterocycles. The summed E-state index contributed by atoms with van der Waals surface area (Å²) in [6, 6.07) is 14.2. The van der Waals surface area contributed by atoms with Crippen LogP contribution in [-0.4, -0.2) is 10.8 Å². The largest absolute Gasteiger partial charge is 0.325 e. The summed E-state index contributed by atoms with van der Waals surface area (Å²) in [5.41, 5.74) is 1.79. The highest BCUT2D eigenvalue weighted by molar-refractivity contribution is 6.02. The number of amides is 1. The first kappa shape index (κ1) is 14.3. The molecule has 22 heavy (non-hydrogen) atoms. The summed E-state index contributed by atoms with van der Waals surface area (Å²) in [5.74, 6) is -0.0951. The highest BCUT2D eigenvalue weighted by Gasteiger charge is 2.51. The van der Waals surface area contributed by atoms with Gasteiger partial charge in [-0.3, -0.25) is 14.9 Å². The Morgan fingerprint density at radius 3 is 2.45 bits per heavy atom. The molecule has 5 nitrogen and oxygen atoms in total. The summed E-state index contributed by atoms with van der Waals surface area (Å²) in [4.78, 5) is 23.1. The maximum Gasteiger partial charge on any atom is 0.271 e. The monoisotopic (exact) mass is 296 g/mol. The van der Waals surface area contributed by atoms with Crippen LogP contribution in [0, 0.1) is 17.0 Å². The normalized spacial score (nSPS) is 15.1. The van der Waals surface area contributed by atoms with E-state index in [-0.39, 0.29) is 11.6 Å². The van der Waals surface area contributed by atoms with Gasteiger partial charge in [0.15, 0.2) is 0 Å². The zero-order valence-corrected chi connectivity index (χ0v) is 12.2. The molecule has 5 heteroatoms. The lowest BCUT2D eigenvalue weighted by Gasteiger charge is -2.16. The molecule has 2 aromatic rings. The molecule has 1 aliphatic rings. The van der Waals surface area contributed by atoms with Crippen molar-refractivity contribution in [2.75, 3.05) is 5.32 Å². The number of aryl methyl sites for hydroxylation is 1. The molecule has 0 aliphatic heterocycles. The molecular formula is C17H16N2O3. The van der Waals surface area contributed by atoms with Crippen molar-refractivity contribution in [3.63, 3.8) is 0 Å². The second-order valence-electron chi connectivity index (χ2n) is 5.66. The number of benzene rings is 2. The topological polar surface area (TPSA) is 72.2 Å². The molecule has 1 amide bonds. The van der Waals surface area contributed by atoms with Crippen LogP contribution in [0.25, 0.3) is 0 Å². The number of hydrogen-bond donors (Lipinski definition) is 1. The second kappa shape index (κ2) is 5.26. The Morgan fingerprint density at radius 1 is 1.18 bits per heavy atom. The first-order valence-corrected chi connectivity index (χ1v) is 7.15.